The highest BCUT2D eigenvalue weighted by Crippen LogP contribution is 1.88. The largest absolute Gasteiger partial charge is 0.387 e. The van der Waals surface area contributed by atoms with Gasteiger partial charge in [-0.25, -0.2) is 0 Å². The average Bonchev–Trinajstić information content (AvgIpc) is 2.15. The average molecular weight is 144 g/mol. The number of aliphatic hydroxyl groups excluding tert-OH is 1. The fraction of sp³-hybridized carbons (Fsp3) is 0.500. The van der Waals surface area contributed by atoms with Crippen LogP contribution in [0.4, 0.5) is 0 Å². The molecule has 0 aliphatic rings. The Bertz CT molecular complexity index is 160. The van der Waals surface area contributed by atoms with E-state index in [-0.39, 0.29) is 6.10 Å². The second-order valence-electron chi connectivity index (χ2n) is 2.07. The van der Waals surface area contributed by atoms with Crippen LogP contribution in [0.15, 0.2) is 17.1 Å². The molecule has 0 saturated heterocycles. The predicted molar refractivity (Wildman–Crippen MR) is 36.2 cm³/mol. The van der Waals surface area contributed by atoms with E-state index in [1.807, 2.05) is 21.7 Å². The number of nitrogens with zero attached hydrogens (tertiary/aromatic N) is 1. The molecule has 1 unspecified atom stereocenters. The van der Waals surface area contributed by atoms with Crippen LogP contribution in [0.5, 0.6) is 0 Å². The molecule has 0 saturated carbocycles. The molecule has 0 aliphatic heterocycles. The van der Waals surface area contributed by atoms with Crippen LogP contribution < -0.4 is 4.57 Å². The van der Waals surface area contributed by atoms with Crippen molar-refractivity contribution in [1.82, 2.24) is 0 Å². The van der Waals surface area contributed by atoms with Gasteiger partial charge in [-0.2, -0.15) is 4.57 Å². The van der Waals surface area contributed by atoms with Gasteiger partial charge in [-0.3, -0.25) is 0 Å². The Labute approximate surface area is 58.4 Å². The third-order valence-corrected chi connectivity index (χ3v) is 1.67. The molecule has 0 bridgehead atoms. The van der Waals surface area contributed by atoms with Gasteiger partial charge in [0, 0.05) is 0 Å². The van der Waals surface area contributed by atoms with Crippen molar-refractivity contribution in [2.45, 2.75) is 19.6 Å². The van der Waals surface area contributed by atoms with Crippen LogP contribution in [-0.4, -0.2) is 11.2 Å². The first-order chi connectivity index (χ1) is 4.29. The summed E-state index contributed by atoms with van der Waals surface area (Å²) in [4.78, 5) is 0. The van der Waals surface area contributed by atoms with Crippen LogP contribution in [0.3, 0.4) is 0 Å². The minimum Gasteiger partial charge on any atom is -0.387 e. The van der Waals surface area contributed by atoms with Crippen molar-refractivity contribution in [3.8, 4) is 0 Å². The quantitative estimate of drug-likeness (QED) is 0.597. The van der Waals surface area contributed by atoms with Crippen molar-refractivity contribution in [2.75, 3.05) is 0 Å². The fourth-order valence-corrected chi connectivity index (χ4v) is 1.28. The van der Waals surface area contributed by atoms with Crippen LogP contribution in [0.1, 0.15) is 6.92 Å². The molecule has 1 heterocycles. The maximum absolute atomic E-state index is 8.91. The standard InChI is InChI=1S/C6H10NOS/c1-6(8)4-7-2-3-9-5-7/h2-3,5-6,8H,4H2,1H3/q+1. The lowest BCUT2D eigenvalue weighted by Crippen LogP contribution is -2.35. The first kappa shape index (κ1) is 6.71. The van der Waals surface area contributed by atoms with Gasteiger partial charge in [-0.15, -0.1) is 0 Å². The zero-order chi connectivity index (χ0) is 6.69. The van der Waals surface area contributed by atoms with Gasteiger partial charge in [0.05, 0.1) is 5.38 Å². The summed E-state index contributed by atoms with van der Waals surface area (Å²) < 4.78 is 1.97. The van der Waals surface area contributed by atoms with E-state index < -0.39 is 0 Å². The van der Waals surface area contributed by atoms with Crippen molar-refractivity contribution < 1.29 is 9.67 Å². The Morgan fingerprint density at radius 1 is 1.78 bits per heavy atom. The first-order valence-electron chi connectivity index (χ1n) is 2.88. The summed E-state index contributed by atoms with van der Waals surface area (Å²) in [7, 11) is 0. The van der Waals surface area contributed by atoms with Crippen LogP contribution in [0.25, 0.3) is 0 Å². The van der Waals surface area contributed by atoms with E-state index >= 15 is 0 Å². The zero-order valence-corrected chi connectivity index (χ0v) is 6.14. The highest BCUT2D eigenvalue weighted by Gasteiger charge is 2.03. The third kappa shape index (κ3) is 2.11. The first-order valence-corrected chi connectivity index (χ1v) is 3.82. The molecular weight excluding hydrogens is 134 g/mol. The van der Waals surface area contributed by atoms with Crippen molar-refractivity contribution >= 4 is 11.3 Å². The maximum atomic E-state index is 8.91. The summed E-state index contributed by atoms with van der Waals surface area (Å²) in [5.74, 6) is 0. The zero-order valence-electron chi connectivity index (χ0n) is 5.32. The molecular formula is C6H10NOS+. The smallest absolute Gasteiger partial charge is 0.224 e. The molecule has 0 aliphatic carbocycles. The number of aliphatic hydroxyl groups is 1. The predicted octanol–water partition coefficient (Wildman–Crippen LogP) is 0.416. The number of thiazole rings is 1. The van der Waals surface area contributed by atoms with Crippen LogP contribution in [-0.2, 0) is 6.54 Å². The molecule has 9 heavy (non-hydrogen) atoms. The lowest BCUT2D eigenvalue weighted by molar-refractivity contribution is -0.698. The van der Waals surface area contributed by atoms with Crippen molar-refractivity contribution in [3.05, 3.63) is 17.1 Å². The second-order valence-corrected chi connectivity index (χ2v) is 2.83. The van der Waals surface area contributed by atoms with Gasteiger partial charge >= 0.3 is 0 Å². The minimum absolute atomic E-state index is 0.246. The SMILES string of the molecule is CC(O)C[n+]1ccsc1. The van der Waals surface area contributed by atoms with Crippen LogP contribution in [0, 0.1) is 0 Å². The number of hydrogen-bond donors (Lipinski definition) is 1. The van der Waals surface area contributed by atoms with E-state index in [9.17, 15) is 0 Å². The molecule has 3 heteroatoms. The lowest BCUT2D eigenvalue weighted by Gasteiger charge is -1.93. The third-order valence-electron chi connectivity index (χ3n) is 1.00. The molecule has 50 valence electrons. The molecule has 1 aromatic heterocycles. The molecule has 0 fully saturated rings. The molecule has 2 nitrogen and oxygen atoms in total. The number of hydrogen-bond acceptors (Lipinski definition) is 2. The maximum Gasteiger partial charge on any atom is 0.224 e. The van der Waals surface area contributed by atoms with Crippen molar-refractivity contribution in [2.24, 2.45) is 0 Å². The summed E-state index contributed by atoms with van der Waals surface area (Å²) in [5, 5.41) is 10.9. The Morgan fingerprint density at radius 2 is 2.56 bits per heavy atom. The Hall–Kier alpha value is -0.410. The Morgan fingerprint density at radius 3 is 3.00 bits per heavy atom. The molecule has 0 aromatic carbocycles. The number of rotatable bonds is 2. The second kappa shape index (κ2) is 2.94. The monoisotopic (exact) mass is 144 g/mol. The highest BCUT2D eigenvalue weighted by molar-refractivity contribution is 7.07. The van der Waals surface area contributed by atoms with Gasteiger partial charge < -0.3 is 5.11 Å². The molecule has 1 rings (SSSR count). The summed E-state index contributed by atoms with van der Waals surface area (Å²) in [6, 6.07) is 0. The number of aromatic nitrogens is 1. The fourth-order valence-electron chi connectivity index (χ4n) is 0.671. The highest BCUT2D eigenvalue weighted by atomic mass is 32.1. The molecule has 1 aromatic rings. The summed E-state index contributed by atoms with van der Waals surface area (Å²) >= 11 is 1.63. The van der Waals surface area contributed by atoms with Crippen LogP contribution in [0.2, 0.25) is 0 Å². The van der Waals surface area contributed by atoms with E-state index in [0.29, 0.717) is 6.54 Å². The topological polar surface area (TPSA) is 24.1 Å². The Kier molecular flexibility index (Phi) is 2.19. The van der Waals surface area contributed by atoms with Gasteiger partial charge in [-0.05, 0) is 6.92 Å². The van der Waals surface area contributed by atoms with E-state index in [2.05, 4.69) is 0 Å². The molecule has 0 amide bonds. The Balaban J connectivity index is 2.48. The van der Waals surface area contributed by atoms with Gasteiger partial charge in [0.25, 0.3) is 0 Å². The minimum atomic E-state index is -0.246. The van der Waals surface area contributed by atoms with Gasteiger partial charge in [0.15, 0.2) is 12.7 Å². The molecule has 1 atom stereocenters. The van der Waals surface area contributed by atoms with Gasteiger partial charge in [0.1, 0.15) is 6.10 Å². The molecule has 1 N–H and O–H groups in total. The summed E-state index contributed by atoms with van der Waals surface area (Å²) in [6.07, 6.45) is 1.71. The van der Waals surface area contributed by atoms with Gasteiger partial charge in [-0.1, -0.05) is 11.3 Å². The summed E-state index contributed by atoms with van der Waals surface area (Å²) in [5.41, 5.74) is 1.98. The lowest BCUT2D eigenvalue weighted by atomic mass is 10.4. The van der Waals surface area contributed by atoms with Crippen molar-refractivity contribution in [3.63, 3.8) is 0 Å². The van der Waals surface area contributed by atoms with Crippen LogP contribution >= 0.6 is 11.3 Å². The molecule has 0 radical (unpaired) electrons. The molecule has 0 spiro atoms. The summed E-state index contributed by atoms with van der Waals surface area (Å²) in [6.45, 7) is 2.48. The van der Waals surface area contributed by atoms with E-state index in [0.717, 1.165) is 0 Å². The van der Waals surface area contributed by atoms with Gasteiger partial charge in [0.2, 0.25) is 5.51 Å². The normalized spacial score (nSPS) is 13.6. The van der Waals surface area contributed by atoms with E-state index in [1.54, 1.807) is 18.3 Å². The van der Waals surface area contributed by atoms with Crippen molar-refractivity contribution in [1.29, 1.82) is 0 Å². The van der Waals surface area contributed by atoms with E-state index in [4.69, 9.17) is 5.11 Å². The van der Waals surface area contributed by atoms with E-state index in [1.165, 1.54) is 0 Å².